The average Bonchev–Trinajstić information content (AvgIpc) is 3.13. The maximum absolute atomic E-state index is 13.1. The van der Waals surface area contributed by atoms with Gasteiger partial charge in [0.2, 0.25) is 5.91 Å². The molecule has 0 aliphatic carbocycles. The number of carbonyl (C=O) groups excluding carboxylic acids is 3. The molecule has 8 heteroatoms. The molecule has 1 N–H and O–H groups in total. The lowest BCUT2D eigenvalue weighted by Gasteiger charge is -2.35. The summed E-state index contributed by atoms with van der Waals surface area (Å²) in [4.78, 5) is 40.7. The summed E-state index contributed by atoms with van der Waals surface area (Å²) in [6, 6.07) is 14.0. The maximum atomic E-state index is 13.1. The summed E-state index contributed by atoms with van der Waals surface area (Å²) in [7, 11) is 2.96. The van der Waals surface area contributed by atoms with Gasteiger partial charge in [0.25, 0.3) is 5.91 Å². The fourth-order valence-corrected chi connectivity index (χ4v) is 4.34. The van der Waals surface area contributed by atoms with Crippen LogP contribution in [0.3, 0.4) is 0 Å². The number of nitrogens with zero attached hydrogens (tertiary/aromatic N) is 2. The van der Waals surface area contributed by atoms with E-state index in [1.807, 2.05) is 24.3 Å². The van der Waals surface area contributed by atoms with Crippen molar-refractivity contribution in [3.8, 4) is 5.75 Å². The van der Waals surface area contributed by atoms with E-state index in [-0.39, 0.29) is 18.2 Å². The minimum absolute atomic E-state index is 0.172. The van der Waals surface area contributed by atoms with Crippen LogP contribution in [0.1, 0.15) is 29.6 Å². The van der Waals surface area contributed by atoms with Crippen molar-refractivity contribution in [3.05, 3.63) is 54.1 Å². The van der Waals surface area contributed by atoms with Gasteiger partial charge in [-0.2, -0.15) is 0 Å². The normalized spacial score (nSPS) is 19.8. The second-order valence-electron chi connectivity index (χ2n) is 8.01. The Hall–Kier alpha value is -3.39. The van der Waals surface area contributed by atoms with Gasteiger partial charge in [0.15, 0.2) is 0 Å². The molecule has 8 nitrogen and oxygen atoms in total. The summed E-state index contributed by atoms with van der Waals surface area (Å²) < 4.78 is 9.97. The maximum Gasteiger partial charge on any atom is 0.337 e. The molecule has 0 saturated carbocycles. The number of rotatable bonds is 6. The Bertz CT molecular complexity index is 999. The standard InChI is InChI=1S/C24H27N3O5/c1-31-20-5-3-4-18(14-20)25-17-10-12-26(13-11-17)21-15-22(28)27(23(21)29)19-8-6-16(7-9-19)24(30)32-2/h3-9,14,17,21,25H,10-13,15H2,1-2H3/t21-/m0/s1. The van der Waals surface area contributed by atoms with E-state index < -0.39 is 12.0 Å². The van der Waals surface area contributed by atoms with E-state index in [1.165, 1.54) is 12.0 Å². The van der Waals surface area contributed by atoms with Crippen molar-refractivity contribution in [1.82, 2.24) is 4.90 Å². The van der Waals surface area contributed by atoms with Crippen LogP contribution in [0.5, 0.6) is 5.75 Å². The van der Waals surface area contributed by atoms with E-state index in [4.69, 9.17) is 9.47 Å². The Morgan fingerprint density at radius 2 is 1.75 bits per heavy atom. The van der Waals surface area contributed by atoms with Crippen molar-refractivity contribution in [3.63, 3.8) is 0 Å². The molecule has 2 amide bonds. The average molecular weight is 437 g/mol. The van der Waals surface area contributed by atoms with Gasteiger partial charge < -0.3 is 14.8 Å². The first-order valence-electron chi connectivity index (χ1n) is 10.7. The van der Waals surface area contributed by atoms with Crippen molar-refractivity contribution in [2.24, 2.45) is 0 Å². The van der Waals surface area contributed by atoms with E-state index in [0.717, 1.165) is 37.4 Å². The summed E-state index contributed by atoms with van der Waals surface area (Å²) in [6.45, 7) is 1.47. The molecule has 2 aromatic carbocycles. The molecule has 2 aliphatic rings. The Balaban J connectivity index is 1.36. The largest absolute Gasteiger partial charge is 0.497 e. The number of imide groups is 1. The SMILES string of the molecule is COC(=O)c1ccc(N2C(=O)C[C@H](N3CCC(Nc4cccc(OC)c4)CC3)C2=O)cc1. The van der Waals surface area contributed by atoms with E-state index in [1.54, 1.807) is 31.4 Å². The van der Waals surface area contributed by atoms with Crippen molar-refractivity contribution in [2.45, 2.75) is 31.3 Å². The second-order valence-corrected chi connectivity index (χ2v) is 8.01. The number of esters is 1. The molecule has 2 heterocycles. The van der Waals surface area contributed by atoms with Crippen LogP contribution in [-0.4, -0.2) is 62.1 Å². The van der Waals surface area contributed by atoms with Gasteiger partial charge in [-0.05, 0) is 49.2 Å². The predicted molar refractivity (Wildman–Crippen MR) is 120 cm³/mol. The first-order chi connectivity index (χ1) is 15.5. The van der Waals surface area contributed by atoms with E-state index in [0.29, 0.717) is 17.3 Å². The number of likely N-dealkylation sites (tertiary alicyclic amines) is 1. The van der Waals surface area contributed by atoms with Gasteiger partial charge in [0.1, 0.15) is 5.75 Å². The minimum Gasteiger partial charge on any atom is -0.497 e. The number of nitrogens with one attached hydrogen (secondary N) is 1. The van der Waals surface area contributed by atoms with Gasteiger partial charge in [-0.25, -0.2) is 9.69 Å². The zero-order chi connectivity index (χ0) is 22.7. The van der Waals surface area contributed by atoms with Gasteiger partial charge in [-0.15, -0.1) is 0 Å². The highest BCUT2D eigenvalue weighted by Gasteiger charge is 2.43. The molecule has 2 aliphatic heterocycles. The van der Waals surface area contributed by atoms with Crippen LogP contribution in [0, 0.1) is 0 Å². The number of benzene rings is 2. The third-order valence-electron chi connectivity index (χ3n) is 6.08. The second kappa shape index (κ2) is 9.40. The molecule has 0 aromatic heterocycles. The highest BCUT2D eigenvalue weighted by Crippen LogP contribution is 2.29. The molecule has 0 spiro atoms. The fraction of sp³-hybridized carbons (Fsp3) is 0.375. The third-order valence-corrected chi connectivity index (χ3v) is 6.08. The van der Waals surface area contributed by atoms with Gasteiger partial charge >= 0.3 is 5.97 Å². The summed E-state index contributed by atoms with van der Waals surface area (Å²) in [5.41, 5.74) is 1.86. The van der Waals surface area contributed by atoms with Crippen molar-refractivity contribution in [2.75, 3.05) is 37.5 Å². The minimum atomic E-state index is -0.459. The molecule has 0 bridgehead atoms. The van der Waals surface area contributed by atoms with E-state index in [9.17, 15) is 14.4 Å². The Morgan fingerprint density at radius 3 is 2.41 bits per heavy atom. The lowest BCUT2D eigenvalue weighted by Crippen LogP contribution is -2.48. The molecule has 2 aromatic rings. The zero-order valence-electron chi connectivity index (χ0n) is 18.2. The monoisotopic (exact) mass is 437 g/mol. The summed E-state index contributed by atoms with van der Waals surface area (Å²) in [5.74, 6) is -0.0800. The van der Waals surface area contributed by atoms with Gasteiger partial charge in [0.05, 0.1) is 37.9 Å². The number of piperidine rings is 1. The number of anilines is 2. The van der Waals surface area contributed by atoms with Gasteiger partial charge in [-0.3, -0.25) is 14.5 Å². The Kier molecular flexibility index (Phi) is 6.41. The quantitative estimate of drug-likeness (QED) is 0.549. The molecule has 4 rings (SSSR count). The van der Waals surface area contributed by atoms with Crippen LogP contribution < -0.4 is 15.0 Å². The smallest absolute Gasteiger partial charge is 0.337 e. The lowest BCUT2D eigenvalue weighted by molar-refractivity contribution is -0.123. The summed E-state index contributed by atoms with van der Waals surface area (Å²) in [5, 5.41) is 3.53. The van der Waals surface area contributed by atoms with Crippen molar-refractivity contribution >= 4 is 29.2 Å². The van der Waals surface area contributed by atoms with Gasteiger partial charge in [-0.1, -0.05) is 6.07 Å². The van der Waals surface area contributed by atoms with Crippen LogP contribution in [0.15, 0.2) is 48.5 Å². The molecule has 2 fully saturated rings. The number of methoxy groups -OCH3 is 2. The molecule has 168 valence electrons. The fourth-order valence-electron chi connectivity index (χ4n) is 4.34. The number of amides is 2. The van der Waals surface area contributed by atoms with Gasteiger partial charge in [0, 0.05) is 30.9 Å². The lowest BCUT2D eigenvalue weighted by atomic mass is 10.0. The highest BCUT2D eigenvalue weighted by molar-refractivity contribution is 6.22. The number of hydrogen-bond donors (Lipinski definition) is 1. The van der Waals surface area contributed by atoms with Crippen LogP contribution in [0.2, 0.25) is 0 Å². The first-order valence-corrected chi connectivity index (χ1v) is 10.7. The van der Waals surface area contributed by atoms with Crippen molar-refractivity contribution in [1.29, 1.82) is 0 Å². The molecule has 0 unspecified atom stereocenters. The van der Waals surface area contributed by atoms with E-state index >= 15 is 0 Å². The number of ether oxygens (including phenoxy) is 2. The first kappa shape index (κ1) is 21.8. The molecule has 1 atom stereocenters. The Labute approximate surface area is 187 Å². The van der Waals surface area contributed by atoms with Crippen LogP contribution in [0.4, 0.5) is 11.4 Å². The van der Waals surface area contributed by atoms with Crippen LogP contribution in [-0.2, 0) is 14.3 Å². The van der Waals surface area contributed by atoms with Crippen molar-refractivity contribution < 1.29 is 23.9 Å². The molecule has 0 radical (unpaired) electrons. The molecule has 2 saturated heterocycles. The third kappa shape index (κ3) is 4.45. The topological polar surface area (TPSA) is 88.2 Å². The molecule has 32 heavy (non-hydrogen) atoms. The number of carbonyl (C=O) groups is 3. The van der Waals surface area contributed by atoms with Crippen LogP contribution in [0.25, 0.3) is 0 Å². The van der Waals surface area contributed by atoms with E-state index in [2.05, 4.69) is 10.2 Å². The molecular weight excluding hydrogens is 410 g/mol. The summed E-state index contributed by atoms with van der Waals surface area (Å²) in [6.07, 6.45) is 1.93. The number of hydrogen-bond acceptors (Lipinski definition) is 7. The summed E-state index contributed by atoms with van der Waals surface area (Å²) >= 11 is 0. The molecular formula is C24H27N3O5. The predicted octanol–water partition coefficient (Wildman–Crippen LogP) is 2.69. The zero-order valence-corrected chi connectivity index (χ0v) is 18.2. The highest BCUT2D eigenvalue weighted by atomic mass is 16.5. The Morgan fingerprint density at radius 1 is 1.03 bits per heavy atom. The van der Waals surface area contributed by atoms with Crippen LogP contribution >= 0.6 is 0 Å².